The van der Waals surface area contributed by atoms with Crippen LogP contribution in [0.15, 0.2) is 54.6 Å². The Labute approximate surface area is 137 Å². The second kappa shape index (κ2) is 8.00. The molecule has 2 amide bonds. The zero-order valence-electron chi connectivity index (χ0n) is 12.0. The average Bonchev–Trinajstić information content (AvgIpc) is 2.54. The van der Waals surface area contributed by atoms with E-state index in [4.69, 9.17) is 12.2 Å². The molecule has 7 heteroatoms. The number of rotatable bonds is 3. The van der Waals surface area contributed by atoms with Gasteiger partial charge in [0.1, 0.15) is 5.82 Å². The molecular weight excluding hydrogens is 317 g/mol. The highest BCUT2D eigenvalue weighted by atomic mass is 32.1. The van der Waals surface area contributed by atoms with Gasteiger partial charge in [-0.3, -0.25) is 25.8 Å². The number of hydrogen-bond donors (Lipinski definition) is 3. The number of hydrazine groups is 1. The van der Waals surface area contributed by atoms with E-state index in [-0.39, 0.29) is 23.0 Å². The van der Waals surface area contributed by atoms with Crippen LogP contribution in [-0.2, 0) is 11.2 Å². The molecule has 0 fully saturated rings. The molecule has 0 aliphatic heterocycles. The highest BCUT2D eigenvalue weighted by Crippen LogP contribution is 2.05. The van der Waals surface area contributed by atoms with E-state index in [0.29, 0.717) is 0 Å². The number of nitrogens with one attached hydrogen (secondary N) is 3. The van der Waals surface area contributed by atoms with Crippen molar-refractivity contribution in [2.24, 2.45) is 0 Å². The van der Waals surface area contributed by atoms with Gasteiger partial charge >= 0.3 is 0 Å². The molecule has 0 atom stereocenters. The Morgan fingerprint density at radius 1 is 0.957 bits per heavy atom. The van der Waals surface area contributed by atoms with Crippen molar-refractivity contribution in [3.05, 3.63) is 71.5 Å². The molecule has 5 nitrogen and oxygen atoms in total. The van der Waals surface area contributed by atoms with Crippen LogP contribution in [0, 0.1) is 5.82 Å². The van der Waals surface area contributed by atoms with Crippen molar-refractivity contribution in [3.63, 3.8) is 0 Å². The summed E-state index contributed by atoms with van der Waals surface area (Å²) in [5.74, 6) is -1.67. The van der Waals surface area contributed by atoms with Crippen LogP contribution in [0.4, 0.5) is 4.39 Å². The van der Waals surface area contributed by atoms with E-state index in [0.717, 1.165) is 5.56 Å². The molecule has 0 spiro atoms. The van der Waals surface area contributed by atoms with Crippen LogP contribution in [-0.4, -0.2) is 16.9 Å². The first-order valence-electron chi connectivity index (χ1n) is 6.75. The Bertz CT molecular complexity index is 722. The van der Waals surface area contributed by atoms with Gasteiger partial charge in [0.25, 0.3) is 5.91 Å². The zero-order valence-corrected chi connectivity index (χ0v) is 12.8. The minimum absolute atomic E-state index is 0.125. The van der Waals surface area contributed by atoms with Crippen molar-refractivity contribution in [1.82, 2.24) is 16.2 Å². The van der Waals surface area contributed by atoms with Gasteiger partial charge in [-0.25, -0.2) is 4.39 Å². The Morgan fingerprint density at radius 3 is 2.30 bits per heavy atom. The third-order valence-electron chi connectivity index (χ3n) is 2.87. The summed E-state index contributed by atoms with van der Waals surface area (Å²) < 4.78 is 13.5. The first-order chi connectivity index (χ1) is 11.1. The number of carbonyl (C=O) groups is 2. The number of halogens is 1. The quantitative estimate of drug-likeness (QED) is 0.591. The van der Waals surface area contributed by atoms with Crippen LogP contribution in [0.5, 0.6) is 0 Å². The molecule has 0 saturated carbocycles. The Hall–Kier alpha value is -2.80. The van der Waals surface area contributed by atoms with Gasteiger partial charge in [-0.05, 0) is 29.9 Å². The lowest BCUT2D eigenvalue weighted by Gasteiger charge is -2.11. The Morgan fingerprint density at radius 2 is 1.61 bits per heavy atom. The van der Waals surface area contributed by atoms with Crippen LogP contribution in [0.3, 0.4) is 0 Å². The molecule has 3 N–H and O–H groups in total. The number of benzene rings is 2. The van der Waals surface area contributed by atoms with E-state index in [1.165, 1.54) is 24.3 Å². The molecule has 0 unspecified atom stereocenters. The normalized spacial score (nSPS) is 9.78. The smallest absolute Gasteiger partial charge is 0.260 e. The zero-order chi connectivity index (χ0) is 16.7. The lowest BCUT2D eigenvalue weighted by molar-refractivity contribution is -0.121. The second-order valence-electron chi connectivity index (χ2n) is 4.60. The highest BCUT2D eigenvalue weighted by molar-refractivity contribution is 7.80. The second-order valence-corrected chi connectivity index (χ2v) is 5.01. The number of amides is 2. The van der Waals surface area contributed by atoms with Gasteiger partial charge in [-0.2, -0.15) is 0 Å². The maximum atomic E-state index is 13.5. The minimum Gasteiger partial charge on any atom is -0.298 e. The molecule has 118 valence electrons. The van der Waals surface area contributed by atoms with Crippen molar-refractivity contribution in [2.45, 2.75) is 6.42 Å². The number of thiocarbonyl (C=S) groups is 1. The maximum absolute atomic E-state index is 13.5. The van der Waals surface area contributed by atoms with E-state index >= 15 is 0 Å². The summed E-state index contributed by atoms with van der Waals surface area (Å²) in [5.41, 5.74) is 5.47. The molecule has 0 radical (unpaired) electrons. The van der Waals surface area contributed by atoms with Crippen molar-refractivity contribution < 1.29 is 14.0 Å². The number of carbonyl (C=O) groups excluding carboxylic acids is 2. The summed E-state index contributed by atoms with van der Waals surface area (Å²) in [4.78, 5) is 23.5. The molecule has 0 aromatic heterocycles. The monoisotopic (exact) mass is 331 g/mol. The predicted molar refractivity (Wildman–Crippen MR) is 87.9 cm³/mol. The Balaban J connectivity index is 1.80. The van der Waals surface area contributed by atoms with Gasteiger partial charge in [0, 0.05) is 0 Å². The topological polar surface area (TPSA) is 70.2 Å². The van der Waals surface area contributed by atoms with Crippen LogP contribution in [0.1, 0.15) is 15.9 Å². The van der Waals surface area contributed by atoms with Gasteiger partial charge in [0.05, 0.1) is 12.0 Å². The third-order valence-corrected chi connectivity index (χ3v) is 3.07. The van der Waals surface area contributed by atoms with Gasteiger partial charge in [0.2, 0.25) is 5.91 Å². The molecule has 0 heterocycles. The van der Waals surface area contributed by atoms with Gasteiger partial charge in [0.15, 0.2) is 5.11 Å². The van der Waals surface area contributed by atoms with Gasteiger partial charge in [-0.1, -0.05) is 42.5 Å². The van der Waals surface area contributed by atoms with E-state index in [1.807, 2.05) is 30.3 Å². The largest absolute Gasteiger partial charge is 0.298 e. The first-order valence-corrected chi connectivity index (χ1v) is 7.15. The summed E-state index contributed by atoms with van der Waals surface area (Å²) in [6.45, 7) is 0. The summed E-state index contributed by atoms with van der Waals surface area (Å²) in [6.07, 6.45) is 0.164. The van der Waals surface area contributed by atoms with Crippen molar-refractivity contribution in [1.29, 1.82) is 0 Å². The summed E-state index contributed by atoms with van der Waals surface area (Å²) in [5, 5.41) is 2.16. The summed E-state index contributed by atoms with van der Waals surface area (Å²) >= 11 is 4.88. The molecule has 0 aliphatic carbocycles. The molecule has 2 aromatic rings. The van der Waals surface area contributed by atoms with E-state index in [1.54, 1.807) is 0 Å². The Kier molecular flexibility index (Phi) is 5.76. The average molecular weight is 331 g/mol. The van der Waals surface area contributed by atoms with Crippen molar-refractivity contribution >= 4 is 29.1 Å². The van der Waals surface area contributed by atoms with Crippen molar-refractivity contribution in [3.8, 4) is 0 Å². The lowest BCUT2D eigenvalue weighted by atomic mass is 10.1. The van der Waals surface area contributed by atoms with Crippen LogP contribution in [0.2, 0.25) is 0 Å². The van der Waals surface area contributed by atoms with E-state index in [2.05, 4.69) is 16.2 Å². The standard InChI is InChI=1S/C16H14FN3O2S/c17-13-9-5-4-8-12(13)15(22)18-16(23)20-19-14(21)10-11-6-2-1-3-7-11/h1-9H,10H2,(H,19,21)(H2,18,20,22,23). The fraction of sp³-hybridized carbons (Fsp3) is 0.0625. The summed E-state index contributed by atoms with van der Waals surface area (Å²) in [7, 11) is 0. The maximum Gasteiger partial charge on any atom is 0.260 e. The minimum atomic E-state index is -0.696. The molecule has 2 rings (SSSR count). The van der Waals surface area contributed by atoms with Crippen LogP contribution in [0.25, 0.3) is 0 Å². The summed E-state index contributed by atoms with van der Waals surface area (Å²) in [6, 6.07) is 14.7. The lowest BCUT2D eigenvalue weighted by Crippen LogP contribution is -2.49. The van der Waals surface area contributed by atoms with E-state index in [9.17, 15) is 14.0 Å². The third kappa shape index (κ3) is 5.15. The molecule has 0 saturated heterocycles. The van der Waals surface area contributed by atoms with Gasteiger partial charge in [-0.15, -0.1) is 0 Å². The number of hydrogen-bond acceptors (Lipinski definition) is 3. The van der Waals surface area contributed by atoms with Crippen molar-refractivity contribution in [2.75, 3.05) is 0 Å². The van der Waals surface area contributed by atoms with Crippen LogP contribution >= 0.6 is 12.2 Å². The fourth-order valence-electron chi connectivity index (χ4n) is 1.80. The highest BCUT2D eigenvalue weighted by Gasteiger charge is 2.12. The fourth-order valence-corrected chi connectivity index (χ4v) is 1.94. The molecule has 2 aromatic carbocycles. The van der Waals surface area contributed by atoms with E-state index < -0.39 is 11.7 Å². The van der Waals surface area contributed by atoms with Gasteiger partial charge < -0.3 is 0 Å². The molecule has 23 heavy (non-hydrogen) atoms. The molecule has 0 aliphatic rings. The van der Waals surface area contributed by atoms with Crippen LogP contribution < -0.4 is 16.2 Å². The molecule has 0 bridgehead atoms. The molecular formula is C16H14FN3O2S. The first kappa shape index (κ1) is 16.6. The SMILES string of the molecule is O=C(Cc1ccccc1)NNC(=S)NC(=O)c1ccccc1F. The predicted octanol–water partition coefficient (Wildman–Crippen LogP) is 1.70.